The van der Waals surface area contributed by atoms with Gasteiger partial charge in [0.25, 0.3) is 0 Å². The van der Waals surface area contributed by atoms with Crippen LogP contribution >= 0.6 is 0 Å². The van der Waals surface area contributed by atoms with Crippen molar-refractivity contribution in [1.82, 2.24) is 10.6 Å². The molecule has 0 radical (unpaired) electrons. The number of amides is 2. The SMILES string of the molecule is O=C(/C=C/c1ccccc1)NCC(=O)N[C@H]1CCc2c(O)cccc21. The Bertz CT molecular complexity index is 800. The predicted molar refractivity (Wildman–Crippen MR) is 95.8 cm³/mol. The maximum Gasteiger partial charge on any atom is 0.244 e. The van der Waals surface area contributed by atoms with Crippen molar-refractivity contribution in [2.24, 2.45) is 0 Å². The molecule has 3 N–H and O–H groups in total. The molecule has 1 aliphatic rings. The second kappa shape index (κ2) is 7.66. The lowest BCUT2D eigenvalue weighted by molar-refractivity contribution is -0.124. The molecule has 0 fully saturated rings. The Kier molecular flexibility index (Phi) is 5.14. The smallest absolute Gasteiger partial charge is 0.244 e. The number of fused-ring (bicyclic) bond motifs is 1. The van der Waals surface area contributed by atoms with Gasteiger partial charge in [0, 0.05) is 6.08 Å². The molecule has 0 heterocycles. The molecule has 0 saturated heterocycles. The van der Waals surface area contributed by atoms with E-state index < -0.39 is 0 Å². The Balaban J connectivity index is 1.49. The summed E-state index contributed by atoms with van der Waals surface area (Å²) in [6, 6.07) is 14.7. The molecule has 0 unspecified atom stereocenters. The van der Waals surface area contributed by atoms with Gasteiger partial charge in [-0.2, -0.15) is 0 Å². The number of rotatable bonds is 5. The topological polar surface area (TPSA) is 78.4 Å². The number of benzene rings is 2. The summed E-state index contributed by atoms with van der Waals surface area (Å²) in [6.45, 7) is -0.0807. The summed E-state index contributed by atoms with van der Waals surface area (Å²) in [7, 11) is 0. The summed E-state index contributed by atoms with van der Waals surface area (Å²) in [5, 5.41) is 15.3. The van der Waals surface area contributed by atoms with Crippen LogP contribution in [-0.4, -0.2) is 23.5 Å². The first-order valence-electron chi connectivity index (χ1n) is 8.24. The van der Waals surface area contributed by atoms with Crippen LogP contribution in [0.2, 0.25) is 0 Å². The summed E-state index contributed by atoms with van der Waals surface area (Å²) >= 11 is 0. The third-order valence-corrected chi connectivity index (χ3v) is 4.23. The number of carbonyl (C=O) groups is 2. The van der Waals surface area contributed by atoms with Crippen LogP contribution in [0, 0.1) is 0 Å². The molecule has 5 heteroatoms. The van der Waals surface area contributed by atoms with Crippen LogP contribution in [0.5, 0.6) is 5.75 Å². The van der Waals surface area contributed by atoms with E-state index >= 15 is 0 Å². The third kappa shape index (κ3) is 4.26. The highest BCUT2D eigenvalue weighted by Crippen LogP contribution is 2.36. The van der Waals surface area contributed by atoms with Crippen molar-refractivity contribution in [3.05, 3.63) is 71.3 Å². The van der Waals surface area contributed by atoms with Gasteiger partial charge in [-0.15, -0.1) is 0 Å². The molecule has 3 rings (SSSR count). The minimum absolute atomic E-state index is 0.0807. The van der Waals surface area contributed by atoms with Crippen molar-refractivity contribution >= 4 is 17.9 Å². The first kappa shape index (κ1) is 16.8. The fraction of sp³-hybridized carbons (Fsp3) is 0.200. The van der Waals surface area contributed by atoms with Crippen molar-refractivity contribution in [2.75, 3.05) is 6.54 Å². The lowest BCUT2D eigenvalue weighted by Crippen LogP contribution is -2.37. The highest BCUT2D eigenvalue weighted by atomic mass is 16.3. The molecule has 0 aromatic heterocycles. The molecule has 1 aliphatic carbocycles. The van der Waals surface area contributed by atoms with Gasteiger partial charge >= 0.3 is 0 Å². The van der Waals surface area contributed by atoms with Crippen molar-refractivity contribution in [3.63, 3.8) is 0 Å². The number of aromatic hydroxyl groups is 1. The highest BCUT2D eigenvalue weighted by molar-refractivity contribution is 5.94. The molecule has 5 nitrogen and oxygen atoms in total. The molecule has 0 spiro atoms. The van der Waals surface area contributed by atoms with E-state index in [1.807, 2.05) is 36.4 Å². The Labute approximate surface area is 146 Å². The van der Waals surface area contributed by atoms with Crippen LogP contribution in [0.15, 0.2) is 54.6 Å². The van der Waals surface area contributed by atoms with E-state index in [1.54, 1.807) is 18.2 Å². The molecule has 0 saturated carbocycles. The minimum Gasteiger partial charge on any atom is -0.508 e. The van der Waals surface area contributed by atoms with Gasteiger partial charge in [-0.25, -0.2) is 0 Å². The first-order valence-corrected chi connectivity index (χ1v) is 8.24. The van der Waals surface area contributed by atoms with Gasteiger partial charge in [-0.05, 0) is 41.7 Å². The van der Waals surface area contributed by atoms with Crippen LogP contribution in [0.3, 0.4) is 0 Å². The van der Waals surface area contributed by atoms with Gasteiger partial charge in [0.2, 0.25) is 11.8 Å². The fourth-order valence-electron chi connectivity index (χ4n) is 2.99. The average Bonchev–Trinajstić information content (AvgIpc) is 3.03. The second-order valence-corrected chi connectivity index (χ2v) is 5.97. The van der Waals surface area contributed by atoms with Crippen molar-refractivity contribution in [1.29, 1.82) is 0 Å². The van der Waals surface area contributed by atoms with Crippen LogP contribution in [0.1, 0.15) is 29.2 Å². The normalized spacial score (nSPS) is 15.8. The van der Waals surface area contributed by atoms with Crippen LogP contribution < -0.4 is 10.6 Å². The number of hydrogen-bond acceptors (Lipinski definition) is 3. The zero-order chi connectivity index (χ0) is 17.6. The maximum atomic E-state index is 12.1. The standard InChI is InChI=1S/C20H20N2O3/c23-18-8-4-7-15-16(18)10-11-17(15)22-20(25)13-21-19(24)12-9-14-5-2-1-3-6-14/h1-9,12,17,23H,10-11,13H2,(H,21,24)(H,22,25)/b12-9+/t17-/m0/s1. The average molecular weight is 336 g/mol. The van der Waals surface area contributed by atoms with Gasteiger partial charge in [-0.3, -0.25) is 9.59 Å². The molecule has 2 aromatic carbocycles. The Hall–Kier alpha value is -3.08. The molecule has 25 heavy (non-hydrogen) atoms. The first-order chi connectivity index (χ1) is 12.1. The highest BCUT2D eigenvalue weighted by Gasteiger charge is 2.25. The van der Waals surface area contributed by atoms with E-state index in [2.05, 4.69) is 10.6 Å². The van der Waals surface area contributed by atoms with Crippen molar-refractivity contribution < 1.29 is 14.7 Å². The molecular formula is C20H20N2O3. The summed E-state index contributed by atoms with van der Waals surface area (Å²) in [6.07, 6.45) is 4.59. The zero-order valence-corrected chi connectivity index (χ0v) is 13.7. The quantitative estimate of drug-likeness (QED) is 0.733. The Morgan fingerprint density at radius 2 is 1.92 bits per heavy atom. The number of hydrogen-bond donors (Lipinski definition) is 3. The van der Waals surface area contributed by atoms with Gasteiger partial charge in [0.15, 0.2) is 0 Å². The molecule has 0 bridgehead atoms. The molecule has 2 aromatic rings. The molecular weight excluding hydrogens is 316 g/mol. The second-order valence-electron chi connectivity index (χ2n) is 5.97. The predicted octanol–water partition coefficient (Wildman–Crippen LogP) is 2.33. The van der Waals surface area contributed by atoms with Crippen LogP contribution in [-0.2, 0) is 16.0 Å². The van der Waals surface area contributed by atoms with Gasteiger partial charge in [-0.1, -0.05) is 42.5 Å². The number of carbonyl (C=O) groups excluding carboxylic acids is 2. The molecule has 2 amide bonds. The van der Waals surface area contributed by atoms with Crippen LogP contribution in [0.25, 0.3) is 6.08 Å². The van der Waals surface area contributed by atoms with Crippen molar-refractivity contribution in [2.45, 2.75) is 18.9 Å². The number of nitrogens with one attached hydrogen (secondary N) is 2. The summed E-state index contributed by atoms with van der Waals surface area (Å²) in [4.78, 5) is 23.9. The van der Waals surface area contributed by atoms with Gasteiger partial charge in [0.1, 0.15) is 5.75 Å². The lowest BCUT2D eigenvalue weighted by Gasteiger charge is -2.14. The Morgan fingerprint density at radius 3 is 2.72 bits per heavy atom. The Morgan fingerprint density at radius 1 is 1.12 bits per heavy atom. The molecule has 128 valence electrons. The molecule has 1 atom stereocenters. The molecule has 0 aliphatic heterocycles. The minimum atomic E-state index is -0.316. The lowest BCUT2D eigenvalue weighted by atomic mass is 10.1. The van der Waals surface area contributed by atoms with Gasteiger partial charge in [0.05, 0.1) is 12.6 Å². The van der Waals surface area contributed by atoms with Gasteiger partial charge < -0.3 is 15.7 Å². The maximum absolute atomic E-state index is 12.1. The summed E-state index contributed by atoms with van der Waals surface area (Å²) in [5.41, 5.74) is 2.76. The van der Waals surface area contributed by atoms with E-state index in [9.17, 15) is 14.7 Å². The van der Waals surface area contributed by atoms with E-state index in [4.69, 9.17) is 0 Å². The zero-order valence-electron chi connectivity index (χ0n) is 13.7. The van der Waals surface area contributed by atoms with E-state index in [1.165, 1.54) is 6.08 Å². The van der Waals surface area contributed by atoms with E-state index in [0.29, 0.717) is 0 Å². The van der Waals surface area contributed by atoms with E-state index in [0.717, 1.165) is 29.5 Å². The van der Waals surface area contributed by atoms with Crippen molar-refractivity contribution in [3.8, 4) is 5.75 Å². The third-order valence-electron chi connectivity index (χ3n) is 4.23. The monoisotopic (exact) mass is 336 g/mol. The summed E-state index contributed by atoms with van der Waals surface area (Å²) in [5.74, 6) is -0.292. The number of phenols is 1. The largest absolute Gasteiger partial charge is 0.508 e. The van der Waals surface area contributed by atoms with Crippen LogP contribution in [0.4, 0.5) is 0 Å². The fourth-order valence-corrected chi connectivity index (χ4v) is 2.99. The number of phenolic OH excluding ortho intramolecular Hbond substituents is 1. The summed E-state index contributed by atoms with van der Waals surface area (Å²) < 4.78 is 0. The van der Waals surface area contributed by atoms with E-state index in [-0.39, 0.29) is 30.2 Å².